The number of amides is 1. The molecule has 0 saturated heterocycles. The van der Waals surface area contributed by atoms with Crippen LogP contribution in [0, 0.1) is 5.92 Å². The zero-order chi connectivity index (χ0) is 19.9. The van der Waals surface area contributed by atoms with E-state index in [-0.39, 0.29) is 5.92 Å². The molecule has 1 aromatic carbocycles. The van der Waals surface area contributed by atoms with E-state index in [0.29, 0.717) is 6.42 Å². The van der Waals surface area contributed by atoms with Gasteiger partial charge in [-0.15, -0.1) is 0 Å². The summed E-state index contributed by atoms with van der Waals surface area (Å²) >= 11 is 0. The highest BCUT2D eigenvalue weighted by atomic mass is 19.4. The quantitative estimate of drug-likeness (QED) is 0.741. The third-order valence-electron chi connectivity index (χ3n) is 3.77. The van der Waals surface area contributed by atoms with Crippen molar-refractivity contribution in [2.45, 2.75) is 32.5 Å². The van der Waals surface area contributed by atoms with Gasteiger partial charge in [-0.2, -0.15) is 13.2 Å². The lowest BCUT2D eigenvalue weighted by atomic mass is 9.99. The van der Waals surface area contributed by atoms with E-state index in [2.05, 4.69) is 14.8 Å². The summed E-state index contributed by atoms with van der Waals surface area (Å²) in [7, 11) is 1.16. The largest absolute Gasteiger partial charge is 0.467 e. The zero-order valence-corrected chi connectivity index (χ0v) is 14.6. The van der Waals surface area contributed by atoms with Crippen molar-refractivity contribution in [2.75, 3.05) is 13.7 Å². The van der Waals surface area contributed by atoms with Crippen LogP contribution in [-0.2, 0) is 25.2 Å². The SMILES string of the molecule is CC[C@H](C)[C@@H](NC(=O)COC(=O)c1ccccc1C(F)(F)F)C(=O)OC. The van der Waals surface area contributed by atoms with Crippen molar-refractivity contribution in [3.63, 3.8) is 0 Å². The number of rotatable bonds is 7. The minimum atomic E-state index is -4.73. The van der Waals surface area contributed by atoms with E-state index in [0.717, 1.165) is 25.3 Å². The molecule has 0 bridgehead atoms. The Morgan fingerprint density at radius 3 is 2.35 bits per heavy atom. The number of ether oxygens (including phenoxy) is 2. The molecule has 1 N–H and O–H groups in total. The van der Waals surface area contributed by atoms with Crippen LogP contribution in [0.1, 0.15) is 36.2 Å². The van der Waals surface area contributed by atoms with Crippen LogP contribution < -0.4 is 5.32 Å². The highest BCUT2D eigenvalue weighted by Gasteiger charge is 2.35. The Labute approximate surface area is 148 Å². The lowest BCUT2D eigenvalue weighted by molar-refractivity contribution is -0.147. The molecule has 2 atom stereocenters. The number of carbonyl (C=O) groups excluding carboxylic acids is 3. The summed E-state index contributed by atoms with van der Waals surface area (Å²) in [4.78, 5) is 35.5. The average molecular weight is 375 g/mol. The Kier molecular flexibility index (Phi) is 7.60. The maximum atomic E-state index is 12.9. The van der Waals surface area contributed by atoms with Crippen LogP contribution in [0.5, 0.6) is 0 Å². The maximum Gasteiger partial charge on any atom is 0.417 e. The van der Waals surface area contributed by atoms with Crippen LogP contribution in [0.4, 0.5) is 13.2 Å². The van der Waals surface area contributed by atoms with Gasteiger partial charge < -0.3 is 14.8 Å². The Hall–Kier alpha value is -2.58. The summed E-state index contributed by atoms with van der Waals surface area (Å²) in [5, 5.41) is 2.36. The number of benzene rings is 1. The van der Waals surface area contributed by atoms with Gasteiger partial charge in [0.2, 0.25) is 0 Å². The van der Waals surface area contributed by atoms with Crippen LogP contribution in [-0.4, -0.2) is 37.6 Å². The van der Waals surface area contributed by atoms with Crippen molar-refractivity contribution in [3.05, 3.63) is 35.4 Å². The second-order valence-electron chi connectivity index (χ2n) is 5.57. The first-order valence-corrected chi connectivity index (χ1v) is 7.82. The molecular formula is C17H20F3NO5. The fourth-order valence-corrected chi connectivity index (χ4v) is 2.13. The number of methoxy groups -OCH3 is 1. The monoisotopic (exact) mass is 375 g/mol. The van der Waals surface area contributed by atoms with Crippen molar-refractivity contribution in [1.82, 2.24) is 5.32 Å². The molecule has 0 fully saturated rings. The number of alkyl halides is 3. The summed E-state index contributed by atoms with van der Waals surface area (Å²) in [6, 6.07) is 3.15. The maximum absolute atomic E-state index is 12.9. The molecule has 0 saturated carbocycles. The van der Waals surface area contributed by atoms with Crippen molar-refractivity contribution < 1.29 is 37.0 Å². The third-order valence-corrected chi connectivity index (χ3v) is 3.77. The first kappa shape index (κ1) is 21.5. The van der Waals surface area contributed by atoms with E-state index in [1.807, 2.05) is 0 Å². The highest BCUT2D eigenvalue weighted by molar-refractivity contribution is 5.93. The molecule has 1 aromatic rings. The Balaban J connectivity index is 2.76. The minimum absolute atomic E-state index is 0.243. The van der Waals surface area contributed by atoms with Gasteiger partial charge in [-0.3, -0.25) is 4.79 Å². The average Bonchev–Trinajstić information content (AvgIpc) is 2.62. The lowest BCUT2D eigenvalue weighted by Gasteiger charge is -2.21. The Bertz CT molecular complexity index is 660. The molecule has 0 aliphatic heterocycles. The van der Waals surface area contributed by atoms with Crippen LogP contribution in [0.2, 0.25) is 0 Å². The van der Waals surface area contributed by atoms with Crippen LogP contribution in [0.3, 0.4) is 0 Å². The number of carbonyl (C=O) groups is 3. The number of hydrogen-bond acceptors (Lipinski definition) is 5. The number of nitrogens with one attached hydrogen (secondary N) is 1. The fraction of sp³-hybridized carbons (Fsp3) is 0.471. The van der Waals surface area contributed by atoms with E-state index in [1.54, 1.807) is 13.8 Å². The lowest BCUT2D eigenvalue weighted by Crippen LogP contribution is -2.47. The van der Waals surface area contributed by atoms with Gasteiger partial charge in [-0.05, 0) is 18.1 Å². The molecule has 26 heavy (non-hydrogen) atoms. The van der Waals surface area contributed by atoms with E-state index in [9.17, 15) is 27.6 Å². The molecule has 0 aromatic heterocycles. The molecule has 1 amide bonds. The topological polar surface area (TPSA) is 81.7 Å². The smallest absolute Gasteiger partial charge is 0.417 e. The standard InChI is InChI=1S/C17H20F3NO5/c1-4-10(2)14(16(24)25-3)21-13(22)9-26-15(23)11-7-5-6-8-12(11)17(18,19)20/h5-8,10,14H,4,9H2,1-3H3,(H,21,22)/t10-,14+/m0/s1. The number of hydrogen-bond donors (Lipinski definition) is 1. The summed E-state index contributed by atoms with van der Waals surface area (Å²) in [6.07, 6.45) is -4.16. The van der Waals surface area contributed by atoms with Gasteiger partial charge in [0.25, 0.3) is 5.91 Å². The predicted octanol–water partition coefficient (Wildman–Crippen LogP) is 2.57. The van der Waals surface area contributed by atoms with Gasteiger partial charge in [0.05, 0.1) is 18.2 Å². The molecule has 0 radical (unpaired) electrons. The molecular weight excluding hydrogens is 355 g/mol. The van der Waals surface area contributed by atoms with Gasteiger partial charge in [-0.1, -0.05) is 32.4 Å². The van der Waals surface area contributed by atoms with Gasteiger partial charge in [-0.25, -0.2) is 9.59 Å². The van der Waals surface area contributed by atoms with Gasteiger partial charge in [0.1, 0.15) is 6.04 Å². The van der Waals surface area contributed by atoms with E-state index < -0.39 is 47.8 Å². The normalized spacial score (nSPS) is 13.5. The summed E-state index contributed by atoms with van der Waals surface area (Å²) in [6.45, 7) is 2.70. The van der Waals surface area contributed by atoms with Crippen LogP contribution in [0.15, 0.2) is 24.3 Å². The van der Waals surface area contributed by atoms with E-state index in [1.165, 1.54) is 6.07 Å². The molecule has 0 aliphatic carbocycles. The second kappa shape index (κ2) is 9.21. The number of esters is 2. The van der Waals surface area contributed by atoms with Gasteiger partial charge in [0.15, 0.2) is 6.61 Å². The first-order valence-electron chi connectivity index (χ1n) is 7.82. The van der Waals surface area contributed by atoms with Crippen molar-refractivity contribution >= 4 is 17.8 Å². The summed E-state index contributed by atoms with van der Waals surface area (Å²) < 4.78 is 47.9. The molecule has 0 unspecified atom stereocenters. The zero-order valence-electron chi connectivity index (χ0n) is 14.6. The minimum Gasteiger partial charge on any atom is -0.467 e. The summed E-state index contributed by atoms with van der Waals surface area (Å²) in [5.41, 5.74) is -1.85. The second-order valence-corrected chi connectivity index (χ2v) is 5.57. The summed E-state index contributed by atoms with van der Waals surface area (Å²) in [5.74, 6) is -3.01. The van der Waals surface area contributed by atoms with Crippen molar-refractivity contribution in [1.29, 1.82) is 0 Å². The van der Waals surface area contributed by atoms with Crippen LogP contribution >= 0.6 is 0 Å². The van der Waals surface area contributed by atoms with Crippen LogP contribution in [0.25, 0.3) is 0 Å². The molecule has 0 spiro atoms. The molecule has 0 aliphatic rings. The number of halogens is 3. The Morgan fingerprint density at radius 2 is 1.81 bits per heavy atom. The predicted molar refractivity (Wildman–Crippen MR) is 85.1 cm³/mol. The highest BCUT2D eigenvalue weighted by Crippen LogP contribution is 2.32. The van der Waals surface area contributed by atoms with Gasteiger partial charge >= 0.3 is 18.1 Å². The first-order chi connectivity index (χ1) is 12.1. The fourth-order valence-electron chi connectivity index (χ4n) is 2.13. The van der Waals surface area contributed by atoms with E-state index in [4.69, 9.17) is 0 Å². The van der Waals surface area contributed by atoms with E-state index >= 15 is 0 Å². The Morgan fingerprint density at radius 1 is 1.19 bits per heavy atom. The molecule has 9 heteroatoms. The molecule has 0 heterocycles. The molecule has 1 rings (SSSR count). The third kappa shape index (κ3) is 5.75. The van der Waals surface area contributed by atoms with Gasteiger partial charge in [0, 0.05) is 0 Å². The van der Waals surface area contributed by atoms with Crippen molar-refractivity contribution in [3.8, 4) is 0 Å². The van der Waals surface area contributed by atoms with Crippen molar-refractivity contribution in [2.24, 2.45) is 5.92 Å². The molecule has 6 nitrogen and oxygen atoms in total. The molecule has 144 valence electrons.